The fourth-order valence-corrected chi connectivity index (χ4v) is 4.80. The number of nitrogens with zero attached hydrogens (tertiary/aromatic N) is 2. The minimum absolute atomic E-state index is 0.0662. The Labute approximate surface area is 170 Å². The number of amides is 2. The van der Waals surface area contributed by atoms with Gasteiger partial charge in [-0.2, -0.15) is 0 Å². The van der Waals surface area contributed by atoms with E-state index in [0.717, 1.165) is 5.56 Å². The second-order valence-corrected chi connectivity index (χ2v) is 8.07. The van der Waals surface area contributed by atoms with Gasteiger partial charge in [-0.1, -0.05) is 30.3 Å². The summed E-state index contributed by atoms with van der Waals surface area (Å²) >= 11 is 0. The number of aliphatic hydroxyl groups is 1. The van der Waals surface area contributed by atoms with Gasteiger partial charge < -0.3 is 25.7 Å². The minimum Gasteiger partial charge on any atom is -0.481 e. The molecule has 29 heavy (non-hydrogen) atoms. The molecule has 0 radical (unpaired) electrons. The molecule has 2 amide bonds. The number of piperidine rings is 2. The van der Waals surface area contributed by atoms with Crippen LogP contribution >= 0.6 is 0 Å². The number of likely N-dealkylation sites (N-methyl/N-ethyl adjacent to an activating group) is 1. The summed E-state index contributed by atoms with van der Waals surface area (Å²) in [5.74, 6) is -1.66. The average Bonchev–Trinajstić information content (AvgIpc) is 2.70. The second kappa shape index (κ2) is 8.51. The molecular formula is C21H29N3O5. The first-order valence-electron chi connectivity index (χ1n) is 10.1. The SMILES string of the molecule is CCN1C(=O)[C@@]2(CCCN(C(=O)[C@@H](N)CC(=O)O)C2)C[C@@H](O)[C@@H]1c1ccccc1. The molecule has 2 saturated heterocycles. The van der Waals surface area contributed by atoms with Crippen LogP contribution < -0.4 is 5.73 Å². The highest BCUT2D eigenvalue weighted by Gasteiger charge is 2.53. The Hall–Kier alpha value is -2.45. The van der Waals surface area contributed by atoms with Crippen LogP contribution in [0.2, 0.25) is 0 Å². The maximum absolute atomic E-state index is 13.5. The lowest BCUT2D eigenvalue weighted by Crippen LogP contribution is -2.62. The summed E-state index contributed by atoms with van der Waals surface area (Å²) in [6.07, 6.45) is 0.254. The van der Waals surface area contributed by atoms with E-state index in [1.165, 1.54) is 4.90 Å². The van der Waals surface area contributed by atoms with Gasteiger partial charge in [0.2, 0.25) is 11.8 Å². The zero-order valence-corrected chi connectivity index (χ0v) is 16.7. The van der Waals surface area contributed by atoms with Crippen LogP contribution in [-0.2, 0) is 14.4 Å². The fraction of sp³-hybridized carbons (Fsp3) is 0.571. The number of carboxylic acid groups (broad SMARTS) is 1. The van der Waals surface area contributed by atoms with E-state index in [-0.39, 0.29) is 18.9 Å². The van der Waals surface area contributed by atoms with Crippen molar-refractivity contribution < 1.29 is 24.6 Å². The van der Waals surface area contributed by atoms with Crippen molar-refractivity contribution in [1.82, 2.24) is 9.80 Å². The van der Waals surface area contributed by atoms with Gasteiger partial charge in [-0.05, 0) is 31.7 Å². The molecule has 2 fully saturated rings. The molecule has 8 nitrogen and oxygen atoms in total. The zero-order chi connectivity index (χ0) is 21.2. The molecule has 4 N–H and O–H groups in total. The van der Waals surface area contributed by atoms with E-state index in [1.54, 1.807) is 4.90 Å². The molecule has 2 aliphatic rings. The Morgan fingerprint density at radius 2 is 2.00 bits per heavy atom. The summed E-state index contributed by atoms with van der Waals surface area (Å²) in [6, 6.07) is 7.92. The van der Waals surface area contributed by atoms with Crippen LogP contribution in [0, 0.1) is 5.41 Å². The van der Waals surface area contributed by atoms with Gasteiger partial charge in [-0.15, -0.1) is 0 Å². The Kier molecular flexibility index (Phi) is 6.24. The summed E-state index contributed by atoms with van der Waals surface area (Å²) in [5, 5.41) is 19.9. The van der Waals surface area contributed by atoms with Gasteiger partial charge in [0.25, 0.3) is 0 Å². The van der Waals surface area contributed by atoms with E-state index in [1.807, 2.05) is 37.3 Å². The minimum atomic E-state index is -1.13. The monoisotopic (exact) mass is 403 g/mol. The molecule has 0 bridgehead atoms. The second-order valence-electron chi connectivity index (χ2n) is 8.07. The first kappa shape index (κ1) is 21.3. The van der Waals surface area contributed by atoms with Gasteiger partial charge in [0.1, 0.15) is 0 Å². The first-order chi connectivity index (χ1) is 13.8. The number of rotatable bonds is 5. The normalized spacial score (nSPS) is 28.4. The number of benzene rings is 1. The van der Waals surface area contributed by atoms with Crippen LogP contribution in [-0.4, -0.2) is 69.6 Å². The molecule has 0 aliphatic carbocycles. The van der Waals surface area contributed by atoms with E-state index < -0.39 is 41.9 Å². The third-order valence-corrected chi connectivity index (χ3v) is 6.10. The molecule has 8 heteroatoms. The maximum Gasteiger partial charge on any atom is 0.305 e. The van der Waals surface area contributed by atoms with Crippen molar-refractivity contribution in [3.05, 3.63) is 35.9 Å². The van der Waals surface area contributed by atoms with E-state index in [2.05, 4.69) is 0 Å². The van der Waals surface area contributed by atoms with Crippen LogP contribution in [0.3, 0.4) is 0 Å². The van der Waals surface area contributed by atoms with Crippen LogP contribution in [0.25, 0.3) is 0 Å². The fourth-order valence-electron chi connectivity index (χ4n) is 4.80. The molecule has 2 aliphatic heterocycles. The van der Waals surface area contributed by atoms with Crippen molar-refractivity contribution >= 4 is 17.8 Å². The molecule has 4 atom stereocenters. The molecule has 0 unspecified atom stereocenters. The number of carbonyl (C=O) groups is 3. The highest BCUT2D eigenvalue weighted by molar-refractivity contribution is 5.88. The quantitative estimate of drug-likeness (QED) is 0.666. The number of hydrogen-bond acceptors (Lipinski definition) is 5. The number of likely N-dealkylation sites (tertiary alicyclic amines) is 2. The standard InChI is InChI=1S/C21H29N3O5/c1-2-24-18(14-7-4-3-5-8-14)16(25)12-21(20(24)29)9-6-10-23(13-21)19(28)15(22)11-17(26)27/h3-5,7-8,15-16,18,25H,2,6,9-13,22H2,1H3,(H,26,27)/t15-,16+,18-,21-/m0/s1. The number of hydrogen-bond donors (Lipinski definition) is 3. The van der Waals surface area contributed by atoms with Crippen molar-refractivity contribution in [3.8, 4) is 0 Å². The summed E-state index contributed by atoms with van der Waals surface area (Å²) in [7, 11) is 0. The average molecular weight is 403 g/mol. The molecule has 2 heterocycles. The summed E-state index contributed by atoms with van der Waals surface area (Å²) < 4.78 is 0. The molecule has 1 spiro atoms. The van der Waals surface area contributed by atoms with Crippen LogP contribution in [0.1, 0.15) is 44.2 Å². The molecule has 1 aromatic carbocycles. The predicted octanol–water partition coefficient (Wildman–Crippen LogP) is 0.752. The van der Waals surface area contributed by atoms with Crippen LogP contribution in [0.15, 0.2) is 30.3 Å². The van der Waals surface area contributed by atoms with Gasteiger partial charge in [-0.3, -0.25) is 14.4 Å². The van der Waals surface area contributed by atoms with Gasteiger partial charge in [-0.25, -0.2) is 0 Å². The van der Waals surface area contributed by atoms with Gasteiger partial charge in [0.05, 0.1) is 30.0 Å². The number of carboxylic acids is 1. The van der Waals surface area contributed by atoms with Gasteiger partial charge in [0.15, 0.2) is 0 Å². The van der Waals surface area contributed by atoms with Gasteiger partial charge in [0, 0.05) is 19.6 Å². The highest BCUT2D eigenvalue weighted by Crippen LogP contribution is 2.45. The number of nitrogens with two attached hydrogens (primary N) is 1. The Morgan fingerprint density at radius 3 is 2.62 bits per heavy atom. The first-order valence-corrected chi connectivity index (χ1v) is 10.1. The summed E-state index contributed by atoms with van der Waals surface area (Å²) in [5.41, 5.74) is 5.79. The van der Waals surface area contributed by atoms with Crippen molar-refractivity contribution in [2.24, 2.45) is 11.1 Å². The Bertz CT molecular complexity index is 771. The van der Waals surface area contributed by atoms with Crippen LogP contribution in [0.4, 0.5) is 0 Å². The third kappa shape index (κ3) is 4.13. The maximum atomic E-state index is 13.5. The van der Waals surface area contributed by atoms with Crippen molar-refractivity contribution in [3.63, 3.8) is 0 Å². The number of carbonyl (C=O) groups excluding carboxylic acids is 2. The van der Waals surface area contributed by atoms with E-state index in [0.29, 0.717) is 25.9 Å². The van der Waals surface area contributed by atoms with E-state index in [4.69, 9.17) is 10.8 Å². The lowest BCUT2D eigenvalue weighted by molar-refractivity contribution is -0.167. The van der Waals surface area contributed by atoms with E-state index in [9.17, 15) is 19.5 Å². The molecule has 158 valence electrons. The molecule has 3 rings (SSSR count). The Balaban J connectivity index is 1.83. The molecule has 1 aromatic rings. The topological polar surface area (TPSA) is 124 Å². The van der Waals surface area contributed by atoms with Crippen molar-refractivity contribution in [2.45, 2.75) is 50.8 Å². The van der Waals surface area contributed by atoms with Gasteiger partial charge >= 0.3 is 5.97 Å². The number of aliphatic hydroxyl groups excluding tert-OH is 1. The number of aliphatic carboxylic acids is 1. The molecule has 0 saturated carbocycles. The molecular weight excluding hydrogens is 374 g/mol. The smallest absolute Gasteiger partial charge is 0.305 e. The molecule has 0 aromatic heterocycles. The largest absolute Gasteiger partial charge is 0.481 e. The lowest BCUT2D eigenvalue weighted by Gasteiger charge is -2.52. The van der Waals surface area contributed by atoms with Crippen LogP contribution in [0.5, 0.6) is 0 Å². The lowest BCUT2D eigenvalue weighted by atomic mass is 9.69. The van der Waals surface area contributed by atoms with E-state index >= 15 is 0 Å². The van der Waals surface area contributed by atoms with Crippen molar-refractivity contribution in [1.29, 1.82) is 0 Å². The summed E-state index contributed by atoms with van der Waals surface area (Å²) in [4.78, 5) is 40.3. The third-order valence-electron chi connectivity index (χ3n) is 6.10. The Morgan fingerprint density at radius 1 is 1.31 bits per heavy atom. The zero-order valence-electron chi connectivity index (χ0n) is 16.7. The predicted molar refractivity (Wildman–Crippen MR) is 106 cm³/mol. The highest BCUT2D eigenvalue weighted by atomic mass is 16.4. The summed E-state index contributed by atoms with van der Waals surface area (Å²) in [6.45, 7) is 2.93. The van der Waals surface area contributed by atoms with Crippen molar-refractivity contribution in [2.75, 3.05) is 19.6 Å².